The molecule has 1 aliphatic rings. The Morgan fingerprint density at radius 2 is 2.05 bits per heavy atom. The summed E-state index contributed by atoms with van der Waals surface area (Å²) in [5.74, 6) is 0.920. The summed E-state index contributed by atoms with van der Waals surface area (Å²) < 4.78 is 10.9. The first-order valence-electron chi connectivity index (χ1n) is 6.65. The van der Waals surface area contributed by atoms with Crippen LogP contribution in [-0.4, -0.2) is 25.4 Å². The maximum absolute atomic E-state index is 10.2. The average molecular weight is 281 g/mol. The van der Waals surface area contributed by atoms with Crippen molar-refractivity contribution < 1.29 is 14.6 Å². The Kier molecular flexibility index (Phi) is 3.28. The molecule has 21 heavy (non-hydrogen) atoms. The Morgan fingerprint density at radius 3 is 2.71 bits per heavy atom. The molecule has 0 aliphatic heterocycles. The Hall–Kier alpha value is -2.51. The fourth-order valence-corrected chi connectivity index (χ4v) is 2.83. The number of hydrogen-bond donors (Lipinski definition) is 1. The molecule has 0 aromatic heterocycles. The molecule has 3 rings (SSSR count). The van der Waals surface area contributed by atoms with Crippen LogP contribution < -0.4 is 0 Å². The van der Waals surface area contributed by atoms with Gasteiger partial charge < -0.3 is 14.6 Å². The maximum Gasteiger partial charge on any atom is 0.125 e. The largest absolute Gasteiger partial charge is 0.507 e. The lowest BCUT2D eigenvalue weighted by Crippen LogP contribution is -2.18. The third kappa shape index (κ3) is 2.12. The van der Waals surface area contributed by atoms with E-state index in [0.29, 0.717) is 23.1 Å². The summed E-state index contributed by atoms with van der Waals surface area (Å²) in [4.78, 5) is 0. The minimum Gasteiger partial charge on any atom is -0.507 e. The maximum atomic E-state index is 10.2. The minimum absolute atomic E-state index is 0.0801. The Bertz CT molecular complexity index is 787. The molecule has 1 unspecified atom stereocenters. The molecule has 1 N–H and O–H groups in total. The van der Waals surface area contributed by atoms with E-state index in [1.807, 2.05) is 6.08 Å². The van der Waals surface area contributed by atoms with Gasteiger partial charge in [0.15, 0.2) is 0 Å². The monoisotopic (exact) mass is 281 g/mol. The highest BCUT2D eigenvalue weighted by Gasteiger charge is 2.24. The molecule has 1 aliphatic carbocycles. The van der Waals surface area contributed by atoms with E-state index in [4.69, 9.17) is 14.7 Å². The van der Waals surface area contributed by atoms with Crippen molar-refractivity contribution in [2.75, 3.05) is 14.2 Å². The predicted octanol–water partition coefficient (Wildman–Crippen LogP) is 2.98. The zero-order chi connectivity index (χ0) is 15.0. The fraction of sp³-hybridized carbons (Fsp3) is 0.235. The van der Waals surface area contributed by atoms with Gasteiger partial charge in [-0.1, -0.05) is 0 Å². The van der Waals surface area contributed by atoms with Crippen LogP contribution in [0.15, 0.2) is 30.3 Å². The van der Waals surface area contributed by atoms with E-state index < -0.39 is 0 Å². The van der Waals surface area contributed by atoms with Crippen molar-refractivity contribution in [2.24, 2.45) is 0 Å². The van der Waals surface area contributed by atoms with Crippen molar-refractivity contribution in [2.45, 2.75) is 12.5 Å². The molecule has 0 spiro atoms. The number of phenolic OH excluding ortho intramolecular Hbond substituents is 1. The first kappa shape index (κ1) is 13.5. The van der Waals surface area contributed by atoms with Crippen molar-refractivity contribution in [3.05, 3.63) is 47.0 Å². The third-order valence-electron chi connectivity index (χ3n) is 3.85. The second-order valence-electron chi connectivity index (χ2n) is 5.02. The van der Waals surface area contributed by atoms with Gasteiger partial charge in [0.05, 0.1) is 24.8 Å². The van der Waals surface area contributed by atoms with Crippen LogP contribution in [-0.2, 0) is 15.9 Å². The number of fused-ring (bicyclic) bond motifs is 3. The molecular formula is C17H15NO3. The molecule has 0 amide bonds. The van der Waals surface area contributed by atoms with Crippen molar-refractivity contribution >= 4 is 16.5 Å². The Morgan fingerprint density at radius 1 is 1.24 bits per heavy atom. The number of methoxy groups -OCH3 is 2. The SMILES string of the molecule is COC1=CC(OC)Cc2cc(O)c3ccc(C#N)cc3c21. The van der Waals surface area contributed by atoms with Crippen LogP contribution in [0.4, 0.5) is 0 Å². The molecule has 0 fully saturated rings. The first-order chi connectivity index (χ1) is 10.2. The number of rotatable bonds is 2. The second-order valence-corrected chi connectivity index (χ2v) is 5.02. The van der Waals surface area contributed by atoms with Crippen LogP contribution >= 0.6 is 0 Å². The molecular weight excluding hydrogens is 266 g/mol. The van der Waals surface area contributed by atoms with Gasteiger partial charge in [0.25, 0.3) is 0 Å². The smallest absolute Gasteiger partial charge is 0.125 e. The normalized spacial score (nSPS) is 17.0. The number of ether oxygens (including phenoxy) is 2. The average Bonchev–Trinajstić information content (AvgIpc) is 2.53. The number of aromatic hydroxyl groups is 1. The molecule has 0 saturated heterocycles. The number of hydrogen-bond acceptors (Lipinski definition) is 4. The van der Waals surface area contributed by atoms with E-state index in [1.165, 1.54) is 0 Å². The Balaban J connectivity index is 2.35. The molecule has 0 bridgehead atoms. The quantitative estimate of drug-likeness (QED) is 0.919. The highest BCUT2D eigenvalue weighted by atomic mass is 16.5. The fourth-order valence-electron chi connectivity index (χ4n) is 2.83. The lowest BCUT2D eigenvalue weighted by atomic mass is 9.88. The van der Waals surface area contributed by atoms with Gasteiger partial charge in [0, 0.05) is 24.5 Å². The van der Waals surface area contributed by atoms with Crippen LogP contribution in [0.2, 0.25) is 0 Å². The number of benzene rings is 2. The van der Waals surface area contributed by atoms with E-state index in [-0.39, 0.29) is 11.9 Å². The van der Waals surface area contributed by atoms with E-state index in [0.717, 1.165) is 16.5 Å². The summed E-state index contributed by atoms with van der Waals surface area (Å²) in [7, 11) is 3.26. The topological polar surface area (TPSA) is 62.5 Å². The van der Waals surface area contributed by atoms with Crippen molar-refractivity contribution in [3.8, 4) is 11.8 Å². The van der Waals surface area contributed by atoms with E-state index in [2.05, 4.69) is 6.07 Å². The lowest BCUT2D eigenvalue weighted by molar-refractivity contribution is 0.138. The number of nitriles is 1. The van der Waals surface area contributed by atoms with Crippen LogP contribution in [0.3, 0.4) is 0 Å². The zero-order valence-electron chi connectivity index (χ0n) is 11.9. The van der Waals surface area contributed by atoms with Gasteiger partial charge in [-0.05, 0) is 41.3 Å². The molecule has 1 atom stereocenters. The van der Waals surface area contributed by atoms with Crippen LogP contribution in [0, 0.1) is 11.3 Å². The summed E-state index contributed by atoms with van der Waals surface area (Å²) in [5.41, 5.74) is 2.44. The molecule has 106 valence electrons. The van der Waals surface area contributed by atoms with Crippen molar-refractivity contribution in [1.29, 1.82) is 5.26 Å². The van der Waals surface area contributed by atoms with Crippen LogP contribution in [0.5, 0.6) is 5.75 Å². The van der Waals surface area contributed by atoms with Crippen molar-refractivity contribution in [3.63, 3.8) is 0 Å². The molecule has 2 aromatic rings. The highest BCUT2D eigenvalue weighted by Crippen LogP contribution is 2.38. The van der Waals surface area contributed by atoms with Gasteiger partial charge in [-0.3, -0.25) is 0 Å². The summed E-state index contributed by atoms with van der Waals surface area (Å²) in [6.07, 6.45) is 2.51. The van der Waals surface area contributed by atoms with Gasteiger partial charge in [0.1, 0.15) is 11.5 Å². The molecule has 2 aromatic carbocycles. The number of nitrogens with zero attached hydrogens (tertiary/aromatic N) is 1. The first-order valence-corrected chi connectivity index (χ1v) is 6.65. The van der Waals surface area contributed by atoms with E-state index >= 15 is 0 Å². The second kappa shape index (κ2) is 5.12. The summed E-state index contributed by atoms with van der Waals surface area (Å²) in [6.45, 7) is 0. The van der Waals surface area contributed by atoms with Gasteiger partial charge in [0.2, 0.25) is 0 Å². The van der Waals surface area contributed by atoms with Crippen LogP contribution in [0.25, 0.3) is 16.5 Å². The molecule has 4 heteroatoms. The van der Waals surface area contributed by atoms with Gasteiger partial charge in [-0.25, -0.2) is 0 Å². The Labute approximate surface area is 122 Å². The standard InChI is InChI=1S/C17H15NO3/c1-20-12-6-11-7-15(19)13-4-3-10(9-18)5-14(13)17(11)16(8-12)21-2/h3-5,7-8,12,19H,6H2,1-2H3. The molecule has 0 radical (unpaired) electrons. The third-order valence-corrected chi connectivity index (χ3v) is 3.85. The summed E-state index contributed by atoms with van der Waals surface area (Å²) in [6, 6.07) is 9.13. The molecule has 4 nitrogen and oxygen atoms in total. The molecule has 0 saturated carbocycles. The summed E-state index contributed by atoms with van der Waals surface area (Å²) >= 11 is 0. The van der Waals surface area contributed by atoms with Gasteiger partial charge >= 0.3 is 0 Å². The van der Waals surface area contributed by atoms with Crippen LogP contribution in [0.1, 0.15) is 16.7 Å². The molecule has 0 heterocycles. The minimum atomic E-state index is -0.0801. The predicted molar refractivity (Wildman–Crippen MR) is 79.8 cm³/mol. The van der Waals surface area contributed by atoms with Crippen molar-refractivity contribution in [1.82, 2.24) is 0 Å². The van der Waals surface area contributed by atoms with Gasteiger partial charge in [-0.2, -0.15) is 5.26 Å². The lowest BCUT2D eigenvalue weighted by Gasteiger charge is -2.24. The highest BCUT2D eigenvalue weighted by molar-refractivity contribution is 5.99. The zero-order valence-corrected chi connectivity index (χ0v) is 11.9. The van der Waals surface area contributed by atoms with E-state index in [1.54, 1.807) is 38.5 Å². The van der Waals surface area contributed by atoms with Gasteiger partial charge in [-0.15, -0.1) is 0 Å². The number of phenols is 1. The summed E-state index contributed by atoms with van der Waals surface area (Å²) in [5, 5.41) is 20.9. The van der Waals surface area contributed by atoms with E-state index in [9.17, 15) is 5.11 Å².